The number of hydrogen-bond donors (Lipinski definition) is 3. The van der Waals surface area contributed by atoms with Crippen LogP contribution in [0.5, 0.6) is 5.75 Å². The first-order chi connectivity index (χ1) is 9.61. The summed E-state index contributed by atoms with van der Waals surface area (Å²) in [6.07, 6.45) is -0.441. The molecule has 0 bridgehead atoms. The quantitative estimate of drug-likeness (QED) is 0.552. The molecule has 20 heavy (non-hydrogen) atoms. The molecule has 0 amide bonds. The Labute approximate surface area is 120 Å². The smallest absolute Gasteiger partial charge is 0.119 e. The van der Waals surface area contributed by atoms with E-state index in [-0.39, 0.29) is 6.61 Å². The Balaban J connectivity index is 2.08. The molecule has 5 heteroatoms. The SMILES string of the molecule is COCC(O)CCNCC(O)COc1ccc(C)cc1. The monoisotopic (exact) mass is 283 g/mol. The summed E-state index contributed by atoms with van der Waals surface area (Å²) in [5.74, 6) is 0.755. The summed E-state index contributed by atoms with van der Waals surface area (Å²) in [5.41, 5.74) is 1.18. The van der Waals surface area contributed by atoms with Crippen molar-refractivity contribution in [2.24, 2.45) is 0 Å². The van der Waals surface area contributed by atoms with Crippen molar-refractivity contribution in [1.29, 1.82) is 0 Å². The molecule has 0 heterocycles. The number of aliphatic hydroxyl groups excluding tert-OH is 2. The van der Waals surface area contributed by atoms with Crippen molar-refractivity contribution in [1.82, 2.24) is 5.32 Å². The number of hydrogen-bond acceptors (Lipinski definition) is 5. The Morgan fingerprint density at radius 2 is 1.80 bits per heavy atom. The van der Waals surface area contributed by atoms with Gasteiger partial charge in [-0.15, -0.1) is 0 Å². The van der Waals surface area contributed by atoms with Gasteiger partial charge in [0.05, 0.1) is 12.7 Å². The molecule has 0 saturated heterocycles. The van der Waals surface area contributed by atoms with E-state index in [1.165, 1.54) is 5.56 Å². The average Bonchev–Trinajstić information content (AvgIpc) is 2.43. The van der Waals surface area contributed by atoms with Crippen LogP contribution in [0.3, 0.4) is 0 Å². The van der Waals surface area contributed by atoms with Gasteiger partial charge in [-0.05, 0) is 32.0 Å². The lowest BCUT2D eigenvalue weighted by atomic mass is 10.2. The summed E-state index contributed by atoms with van der Waals surface area (Å²) in [6.45, 7) is 3.66. The molecule has 2 unspecified atom stereocenters. The summed E-state index contributed by atoms with van der Waals surface area (Å²) >= 11 is 0. The second kappa shape index (κ2) is 9.72. The van der Waals surface area contributed by atoms with Gasteiger partial charge in [0.15, 0.2) is 0 Å². The maximum absolute atomic E-state index is 9.76. The summed E-state index contributed by atoms with van der Waals surface area (Å²) in [7, 11) is 1.56. The average molecular weight is 283 g/mol. The van der Waals surface area contributed by atoms with Gasteiger partial charge in [-0.1, -0.05) is 17.7 Å². The third-order valence-corrected chi connectivity index (χ3v) is 2.86. The second-order valence-corrected chi connectivity index (χ2v) is 4.88. The van der Waals surface area contributed by atoms with Crippen LogP contribution < -0.4 is 10.1 Å². The highest BCUT2D eigenvalue weighted by Crippen LogP contribution is 2.11. The maximum atomic E-state index is 9.76. The van der Waals surface area contributed by atoms with Crippen molar-refractivity contribution >= 4 is 0 Å². The highest BCUT2D eigenvalue weighted by molar-refractivity contribution is 5.26. The van der Waals surface area contributed by atoms with Crippen molar-refractivity contribution < 1.29 is 19.7 Å². The number of rotatable bonds is 10. The molecule has 0 aliphatic heterocycles. The van der Waals surface area contributed by atoms with Gasteiger partial charge < -0.3 is 25.0 Å². The molecule has 5 nitrogen and oxygen atoms in total. The fourth-order valence-corrected chi connectivity index (χ4v) is 1.70. The van der Waals surface area contributed by atoms with E-state index in [4.69, 9.17) is 9.47 Å². The fraction of sp³-hybridized carbons (Fsp3) is 0.600. The first-order valence-electron chi connectivity index (χ1n) is 6.87. The maximum Gasteiger partial charge on any atom is 0.119 e. The first kappa shape index (κ1) is 16.9. The Bertz CT molecular complexity index is 355. The normalized spacial score (nSPS) is 14.0. The Morgan fingerprint density at radius 3 is 2.45 bits per heavy atom. The van der Waals surface area contributed by atoms with Gasteiger partial charge in [-0.2, -0.15) is 0 Å². The van der Waals surface area contributed by atoms with Gasteiger partial charge in [0.25, 0.3) is 0 Å². The summed E-state index contributed by atoms with van der Waals surface area (Å²) in [4.78, 5) is 0. The summed E-state index contributed by atoms with van der Waals surface area (Å²) in [6, 6.07) is 7.71. The molecule has 3 N–H and O–H groups in total. The van der Waals surface area contributed by atoms with Crippen LogP contribution in [0.4, 0.5) is 0 Å². The Kier molecular flexibility index (Phi) is 8.22. The molecule has 0 aromatic heterocycles. The predicted molar refractivity (Wildman–Crippen MR) is 78.1 cm³/mol. The molecule has 0 radical (unpaired) electrons. The highest BCUT2D eigenvalue weighted by Gasteiger charge is 2.06. The van der Waals surface area contributed by atoms with Gasteiger partial charge in [-0.25, -0.2) is 0 Å². The number of nitrogens with one attached hydrogen (secondary N) is 1. The van der Waals surface area contributed by atoms with Crippen LogP contribution in [0.1, 0.15) is 12.0 Å². The minimum Gasteiger partial charge on any atom is -0.491 e. The van der Waals surface area contributed by atoms with E-state index in [9.17, 15) is 10.2 Å². The molecule has 0 saturated carbocycles. The lowest BCUT2D eigenvalue weighted by Gasteiger charge is -2.14. The van der Waals surface area contributed by atoms with Crippen LogP contribution in [-0.2, 0) is 4.74 Å². The van der Waals surface area contributed by atoms with E-state index in [1.807, 2.05) is 31.2 Å². The van der Waals surface area contributed by atoms with Gasteiger partial charge in [-0.3, -0.25) is 0 Å². The number of methoxy groups -OCH3 is 1. The van der Waals surface area contributed by atoms with E-state index in [1.54, 1.807) is 7.11 Å². The van der Waals surface area contributed by atoms with Crippen LogP contribution in [0, 0.1) is 6.92 Å². The van der Waals surface area contributed by atoms with Crippen molar-refractivity contribution in [3.8, 4) is 5.75 Å². The zero-order valence-electron chi connectivity index (χ0n) is 12.2. The summed E-state index contributed by atoms with van der Waals surface area (Å²) in [5, 5.41) is 22.3. The van der Waals surface area contributed by atoms with Crippen LogP contribution >= 0.6 is 0 Å². The number of benzene rings is 1. The molecule has 1 aromatic carbocycles. The predicted octanol–water partition coefficient (Wildman–Crippen LogP) is 0.722. The third kappa shape index (κ3) is 7.45. The van der Waals surface area contributed by atoms with Gasteiger partial charge in [0, 0.05) is 13.7 Å². The Hall–Kier alpha value is -1.14. The minimum atomic E-state index is -0.573. The van der Waals surface area contributed by atoms with E-state index in [2.05, 4.69) is 5.32 Å². The molecule has 114 valence electrons. The largest absolute Gasteiger partial charge is 0.491 e. The van der Waals surface area contributed by atoms with Gasteiger partial charge in [0.2, 0.25) is 0 Å². The van der Waals surface area contributed by atoms with E-state index < -0.39 is 12.2 Å². The van der Waals surface area contributed by atoms with Crippen molar-refractivity contribution in [2.45, 2.75) is 25.6 Å². The first-order valence-corrected chi connectivity index (χ1v) is 6.87. The van der Waals surface area contributed by atoms with Crippen LogP contribution in [0.15, 0.2) is 24.3 Å². The van der Waals surface area contributed by atoms with Crippen molar-refractivity contribution in [3.63, 3.8) is 0 Å². The number of ether oxygens (including phenoxy) is 2. The minimum absolute atomic E-state index is 0.247. The fourth-order valence-electron chi connectivity index (χ4n) is 1.70. The van der Waals surface area contributed by atoms with E-state index >= 15 is 0 Å². The zero-order chi connectivity index (χ0) is 14.8. The molecule has 0 spiro atoms. The molecule has 0 fully saturated rings. The highest BCUT2D eigenvalue weighted by atomic mass is 16.5. The molecular formula is C15H25NO4. The van der Waals surface area contributed by atoms with Crippen LogP contribution in [-0.4, -0.2) is 55.8 Å². The van der Waals surface area contributed by atoms with Gasteiger partial charge >= 0.3 is 0 Å². The zero-order valence-corrected chi connectivity index (χ0v) is 12.2. The standard InChI is InChI=1S/C15H25NO4/c1-12-3-5-15(6-4-12)20-11-14(18)9-16-8-7-13(17)10-19-2/h3-6,13-14,16-18H,7-11H2,1-2H3. The Morgan fingerprint density at radius 1 is 1.10 bits per heavy atom. The third-order valence-electron chi connectivity index (χ3n) is 2.86. The topological polar surface area (TPSA) is 71.0 Å². The number of aryl methyl sites for hydroxylation is 1. The van der Waals surface area contributed by atoms with Crippen LogP contribution in [0.25, 0.3) is 0 Å². The molecule has 0 aliphatic carbocycles. The molecule has 1 rings (SSSR count). The lowest BCUT2D eigenvalue weighted by molar-refractivity contribution is 0.0577. The second-order valence-electron chi connectivity index (χ2n) is 4.88. The van der Waals surface area contributed by atoms with E-state index in [0.717, 1.165) is 5.75 Å². The van der Waals surface area contributed by atoms with Crippen molar-refractivity contribution in [3.05, 3.63) is 29.8 Å². The molecule has 0 aliphatic rings. The van der Waals surface area contributed by atoms with Crippen molar-refractivity contribution in [2.75, 3.05) is 33.4 Å². The van der Waals surface area contributed by atoms with Crippen LogP contribution in [0.2, 0.25) is 0 Å². The lowest BCUT2D eigenvalue weighted by Crippen LogP contribution is -2.33. The molecular weight excluding hydrogens is 258 g/mol. The van der Waals surface area contributed by atoms with Gasteiger partial charge in [0.1, 0.15) is 18.5 Å². The number of aliphatic hydroxyl groups is 2. The molecule has 2 atom stereocenters. The summed E-state index contributed by atoms with van der Waals surface area (Å²) < 4.78 is 10.3. The van der Waals surface area contributed by atoms with E-state index in [0.29, 0.717) is 26.1 Å². The molecule has 1 aromatic rings.